The lowest BCUT2D eigenvalue weighted by Crippen LogP contribution is -2.38. The van der Waals surface area contributed by atoms with Crippen LogP contribution < -0.4 is 0 Å². The third-order valence-electron chi connectivity index (χ3n) is 3.75. The van der Waals surface area contributed by atoms with Gasteiger partial charge in [-0.25, -0.2) is 0 Å². The van der Waals surface area contributed by atoms with Crippen molar-refractivity contribution in [3.8, 4) is 0 Å². The van der Waals surface area contributed by atoms with E-state index in [0.717, 1.165) is 24.0 Å². The summed E-state index contributed by atoms with van der Waals surface area (Å²) in [4.78, 5) is 25.4. The summed E-state index contributed by atoms with van der Waals surface area (Å²) < 4.78 is 0. The van der Waals surface area contributed by atoms with Crippen LogP contribution in [0.1, 0.15) is 41.3 Å². The Morgan fingerprint density at radius 3 is 2.50 bits per heavy atom. The molecule has 0 saturated heterocycles. The maximum Gasteiger partial charge on any atom is 0.308 e. The van der Waals surface area contributed by atoms with Gasteiger partial charge in [-0.3, -0.25) is 9.59 Å². The summed E-state index contributed by atoms with van der Waals surface area (Å²) in [6, 6.07) is 5.96. The molecule has 20 heavy (non-hydrogen) atoms. The number of aryl methyl sites for hydroxylation is 2. The number of benzene rings is 1. The number of amides is 1. The molecule has 4 nitrogen and oxygen atoms in total. The fourth-order valence-corrected chi connectivity index (χ4v) is 2.37. The zero-order valence-electron chi connectivity index (χ0n) is 12.2. The fourth-order valence-electron chi connectivity index (χ4n) is 2.37. The number of hydrogen-bond donors (Lipinski definition) is 1. The van der Waals surface area contributed by atoms with E-state index in [0.29, 0.717) is 5.56 Å². The van der Waals surface area contributed by atoms with Crippen LogP contribution in [-0.2, 0) is 4.79 Å². The number of carboxylic acid groups (broad SMARTS) is 1. The first-order chi connectivity index (χ1) is 9.40. The number of hydrogen-bond acceptors (Lipinski definition) is 2. The average Bonchev–Trinajstić information content (AvgIpc) is 3.19. The van der Waals surface area contributed by atoms with Crippen molar-refractivity contribution < 1.29 is 14.7 Å². The molecule has 108 valence electrons. The second-order valence-corrected chi connectivity index (χ2v) is 5.75. The molecule has 0 aliphatic heterocycles. The molecule has 0 unspecified atom stereocenters. The second-order valence-electron chi connectivity index (χ2n) is 5.75. The minimum Gasteiger partial charge on any atom is -0.481 e. The Labute approximate surface area is 119 Å². The quantitative estimate of drug-likeness (QED) is 0.898. The number of aliphatic carboxylic acids is 1. The summed E-state index contributed by atoms with van der Waals surface area (Å²) in [5.41, 5.74) is 2.75. The van der Waals surface area contributed by atoms with E-state index in [2.05, 4.69) is 0 Å². The van der Waals surface area contributed by atoms with E-state index in [1.165, 1.54) is 0 Å². The molecule has 0 bridgehead atoms. The Morgan fingerprint density at radius 2 is 2.00 bits per heavy atom. The highest BCUT2D eigenvalue weighted by molar-refractivity contribution is 5.96. The molecule has 0 spiro atoms. The van der Waals surface area contributed by atoms with Gasteiger partial charge >= 0.3 is 5.97 Å². The van der Waals surface area contributed by atoms with Crippen LogP contribution in [0.4, 0.5) is 0 Å². The SMILES string of the molecule is Cc1ccc(C(=O)N(C[C@H](C)C(=O)O)C2CC2)c(C)c1. The highest BCUT2D eigenvalue weighted by atomic mass is 16.4. The number of carbonyl (C=O) groups is 2. The number of nitrogens with zero attached hydrogens (tertiary/aromatic N) is 1. The Morgan fingerprint density at radius 1 is 1.35 bits per heavy atom. The zero-order chi connectivity index (χ0) is 14.9. The topological polar surface area (TPSA) is 57.6 Å². The van der Waals surface area contributed by atoms with Crippen molar-refractivity contribution in [3.63, 3.8) is 0 Å². The van der Waals surface area contributed by atoms with Gasteiger partial charge in [0.25, 0.3) is 5.91 Å². The summed E-state index contributed by atoms with van der Waals surface area (Å²) in [6.45, 7) is 5.84. The summed E-state index contributed by atoms with van der Waals surface area (Å²) in [7, 11) is 0. The molecule has 1 aliphatic carbocycles. The Hall–Kier alpha value is -1.84. The smallest absolute Gasteiger partial charge is 0.308 e. The third-order valence-corrected chi connectivity index (χ3v) is 3.75. The van der Waals surface area contributed by atoms with Crippen LogP contribution >= 0.6 is 0 Å². The molecule has 1 fully saturated rings. The van der Waals surface area contributed by atoms with Crippen LogP contribution in [-0.4, -0.2) is 34.5 Å². The van der Waals surface area contributed by atoms with E-state index in [1.807, 2.05) is 32.0 Å². The van der Waals surface area contributed by atoms with Gasteiger partial charge in [-0.15, -0.1) is 0 Å². The van der Waals surface area contributed by atoms with Gasteiger partial charge in [0.2, 0.25) is 0 Å². The normalized spacial score (nSPS) is 15.8. The first-order valence-electron chi connectivity index (χ1n) is 7.01. The van der Waals surface area contributed by atoms with Crippen molar-refractivity contribution in [2.24, 2.45) is 5.92 Å². The van der Waals surface area contributed by atoms with E-state index in [-0.39, 0.29) is 18.5 Å². The molecular weight excluding hydrogens is 254 g/mol. The van der Waals surface area contributed by atoms with Crippen molar-refractivity contribution in [1.82, 2.24) is 4.90 Å². The van der Waals surface area contributed by atoms with Crippen LogP contribution in [0.3, 0.4) is 0 Å². The molecule has 0 heterocycles. The van der Waals surface area contributed by atoms with Gasteiger partial charge in [0.05, 0.1) is 5.92 Å². The summed E-state index contributed by atoms with van der Waals surface area (Å²) in [6.07, 6.45) is 1.95. The number of carbonyl (C=O) groups excluding carboxylic acids is 1. The predicted octanol–water partition coefficient (Wildman–Crippen LogP) is 2.63. The Balaban J connectivity index is 2.20. The zero-order valence-corrected chi connectivity index (χ0v) is 12.2. The molecule has 1 saturated carbocycles. The second kappa shape index (κ2) is 5.65. The molecule has 1 aromatic rings. The maximum atomic E-state index is 12.6. The van der Waals surface area contributed by atoms with E-state index in [9.17, 15) is 9.59 Å². The van der Waals surface area contributed by atoms with Crippen LogP contribution in [0.2, 0.25) is 0 Å². The van der Waals surface area contributed by atoms with Crippen LogP contribution in [0.5, 0.6) is 0 Å². The average molecular weight is 275 g/mol. The monoisotopic (exact) mass is 275 g/mol. The van der Waals surface area contributed by atoms with Gasteiger partial charge in [-0.2, -0.15) is 0 Å². The highest BCUT2D eigenvalue weighted by Crippen LogP contribution is 2.29. The maximum absolute atomic E-state index is 12.6. The summed E-state index contributed by atoms with van der Waals surface area (Å²) >= 11 is 0. The Kier molecular flexibility index (Phi) is 4.12. The van der Waals surface area contributed by atoms with Crippen molar-refractivity contribution in [2.75, 3.05) is 6.54 Å². The first-order valence-corrected chi connectivity index (χ1v) is 7.01. The van der Waals surface area contributed by atoms with E-state index < -0.39 is 11.9 Å². The van der Waals surface area contributed by atoms with Crippen molar-refractivity contribution >= 4 is 11.9 Å². The minimum atomic E-state index is -0.857. The van der Waals surface area contributed by atoms with E-state index >= 15 is 0 Å². The lowest BCUT2D eigenvalue weighted by molar-refractivity contribution is -0.141. The molecular formula is C16H21NO3. The number of rotatable bonds is 5. The molecule has 1 N–H and O–H groups in total. The Bertz CT molecular complexity index is 535. The van der Waals surface area contributed by atoms with Crippen molar-refractivity contribution in [3.05, 3.63) is 34.9 Å². The minimum absolute atomic E-state index is 0.0434. The van der Waals surface area contributed by atoms with Crippen molar-refractivity contribution in [1.29, 1.82) is 0 Å². The van der Waals surface area contributed by atoms with Crippen LogP contribution in [0.25, 0.3) is 0 Å². The molecule has 0 aromatic heterocycles. The summed E-state index contributed by atoms with van der Waals surface area (Å²) in [5.74, 6) is -1.44. The van der Waals surface area contributed by atoms with E-state index in [1.54, 1.807) is 11.8 Å². The van der Waals surface area contributed by atoms with Gasteiger partial charge < -0.3 is 10.0 Å². The molecule has 1 aromatic carbocycles. The fraction of sp³-hybridized carbons (Fsp3) is 0.500. The molecule has 4 heteroatoms. The lowest BCUT2D eigenvalue weighted by atomic mass is 10.0. The van der Waals surface area contributed by atoms with Gasteiger partial charge in [0, 0.05) is 18.2 Å². The molecule has 1 aliphatic rings. The third kappa shape index (κ3) is 3.18. The molecule has 1 atom stereocenters. The lowest BCUT2D eigenvalue weighted by Gasteiger charge is -2.25. The van der Waals surface area contributed by atoms with Crippen molar-refractivity contribution in [2.45, 2.75) is 39.7 Å². The largest absolute Gasteiger partial charge is 0.481 e. The van der Waals surface area contributed by atoms with E-state index in [4.69, 9.17) is 5.11 Å². The highest BCUT2D eigenvalue weighted by Gasteiger charge is 2.35. The summed E-state index contributed by atoms with van der Waals surface area (Å²) in [5, 5.41) is 9.04. The first kappa shape index (κ1) is 14.6. The van der Waals surface area contributed by atoms with Gasteiger partial charge in [-0.05, 0) is 38.3 Å². The van der Waals surface area contributed by atoms with Gasteiger partial charge in [-0.1, -0.05) is 24.6 Å². The van der Waals surface area contributed by atoms with Gasteiger partial charge in [0.1, 0.15) is 0 Å². The predicted molar refractivity (Wildman–Crippen MR) is 76.8 cm³/mol. The van der Waals surface area contributed by atoms with Crippen LogP contribution in [0.15, 0.2) is 18.2 Å². The van der Waals surface area contributed by atoms with Crippen LogP contribution in [0, 0.1) is 19.8 Å². The molecule has 0 radical (unpaired) electrons. The van der Waals surface area contributed by atoms with Gasteiger partial charge in [0.15, 0.2) is 0 Å². The number of carboxylic acids is 1. The molecule has 2 rings (SSSR count). The molecule has 1 amide bonds. The standard InChI is InChI=1S/C16H21NO3/c1-10-4-7-14(11(2)8-10)15(18)17(13-5-6-13)9-12(3)16(19)20/h4,7-8,12-13H,5-6,9H2,1-3H3,(H,19,20)/t12-/m0/s1.